The largest absolute Gasteiger partial charge is 0.370 e. The molecular weight excluding hydrogens is 341 g/mol. The lowest BCUT2D eigenvalue weighted by molar-refractivity contribution is 0.306. The number of hydrogen-bond acceptors (Lipinski definition) is 3. The highest BCUT2D eigenvalue weighted by molar-refractivity contribution is 6.31. The van der Waals surface area contributed by atoms with Crippen LogP contribution in [0.1, 0.15) is 6.42 Å². The van der Waals surface area contributed by atoms with E-state index >= 15 is 0 Å². The Balaban J connectivity index is 1.83. The summed E-state index contributed by atoms with van der Waals surface area (Å²) in [4.78, 5) is 6.85. The third kappa shape index (κ3) is 5.47. The van der Waals surface area contributed by atoms with Gasteiger partial charge in [0.2, 0.25) is 0 Å². The first-order valence-corrected chi connectivity index (χ1v) is 8.82. The van der Waals surface area contributed by atoms with Crippen LogP contribution in [-0.2, 0) is 0 Å². The molecule has 1 aromatic carbocycles. The molecule has 0 fully saturated rings. The van der Waals surface area contributed by atoms with Crippen LogP contribution >= 0.6 is 34.8 Å². The Morgan fingerprint density at radius 2 is 1.73 bits per heavy atom. The van der Waals surface area contributed by atoms with Gasteiger partial charge < -0.3 is 10.2 Å². The molecule has 120 valence electrons. The van der Waals surface area contributed by atoms with Crippen LogP contribution in [0, 0.1) is 0 Å². The summed E-state index contributed by atoms with van der Waals surface area (Å²) in [5.41, 5.74) is 0.906. The number of aromatic nitrogens is 1. The molecule has 2 aromatic rings. The van der Waals surface area contributed by atoms with Crippen LogP contribution in [0.15, 0.2) is 30.3 Å². The molecule has 3 nitrogen and oxygen atoms in total. The second kappa shape index (κ2) is 9.41. The molecule has 0 aliphatic heterocycles. The van der Waals surface area contributed by atoms with E-state index in [0.717, 1.165) is 49.3 Å². The molecule has 6 heteroatoms. The number of anilines is 1. The molecule has 1 N–H and O–H groups in total. The summed E-state index contributed by atoms with van der Waals surface area (Å²) in [5.74, 6) is 2.14. The number of halogens is 3. The molecule has 0 bridgehead atoms. The summed E-state index contributed by atoms with van der Waals surface area (Å²) in [6.45, 7) is 3.59. The first kappa shape index (κ1) is 17.6. The second-order valence-corrected chi connectivity index (χ2v) is 6.23. The van der Waals surface area contributed by atoms with E-state index in [0.29, 0.717) is 16.8 Å². The van der Waals surface area contributed by atoms with Crippen molar-refractivity contribution in [2.75, 3.05) is 43.3 Å². The molecule has 0 saturated heterocycles. The van der Waals surface area contributed by atoms with Crippen molar-refractivity contribution in [3.05, 3.63) is 35.4 Å². The summed E-state index contributed by atoms with van der Waals surface area (Å²) in [7, 11) is 0. The van der Waals surface area contributed by atoms with E-state index in [2.05, 4.69) is 15.2 Å². The van der Waals surface area contributed by atoms with Gasteiger partial charge in [-0.2, -0.15) is 0 Å². The summed E-state index contributed by atoms with van der Waals surface area (Å²) in [6, 6.07) is 9.77. The van der Waals surface area contributed by atoms with Crippen molar-refractivity contribution in [2.45, 2.75) is 6.42 Å². The molecule has 2 rings (SSSR count). The van der Waals surface area contributed by atoms with E-state index in [1.807, 2.05) is 30.3 Å². The fourth-order valence-corrected chi connectivity index (χ4v) is 2.93. The molecular formula is C16H20Cl3N3. The highest BCUT2D eigenvalue weighted by Gasteiger charge is 2.03. The van der Waals surface area contributed by atoms with Crippen molar-refractivity contribution in [1.29, 1.82) is 0 Å². The van der Waals surface area contributed by atoms with Gasteiger partial charge in [-0.25, -0.2) is 4.98 Å². The van der Waals surface area contributed by atoms with E-state index in [-0.39, 0.29) is 0 Å². The van der Waals surface area contributed by atoms with Gasteiger partial charge in [-0.1, -0.05) is 17.7 Å². The van der Waals surface area contributed by atoms with Gasteiger partial charge >= 0.3 is 0 Å². The fourth-order valence-electron chi connectivity index (χ4n) is 2.28. The van der Waals surface area contributed by atoms with E-state index in [1.165, 1.54) is 0 Å². The molecule has 0 amide bonds. The molecule has 0 saturated carbocycles. The van der Waals surface area contributed by atoms with Gasteiger partial charge in [0.05, 0.1) is 5.52 Å². The number of hydrogen-bond donors (Lipinski definition) is 1. The number of rotatable bonds is 9. The Kier molecular flexibility index (Phi) is 7.53. The minimum atomic E-state index is 0.636. The molecule has 0 radical (unpaired) electrons. The molecule has 0 aliphatic carbocycles. The van der Waals surface area contributed by atoms with Crippen molar-refractivity contribution < 1.29 is 0 Å². The Labute approximate surface area is 146 Å². The van der Waals surface area contributed by atoms with Gasteiger partial charge in [0.15, 0.2) is 0 Å². The van der Waals surface area contributed by atoms with Crippen molar-refractivity contribution in [1.82, 2.24) is 9.88 Å². The van der Waals surface area contributed by atoms with Crippen LogP contribution < -0.4 is 5.32 Å². The molecule has 22 heavy (non-hydrogen) atoms. The van der Waals surface area contributed by atoms with Gasteiger partial charge in [-0.3, -0.25) is 0 Å². The van der Waals surface area contributed by atoms with E-state index in [1.54, 1.807) is 0 Å². The zero-order valence-corrected chi connectivity index (χ0v) is 14.6. The van der Waals surface area contributed by atoms with Crippen molar-refractivity contribution in [2.24, 2.45) is 0 Å². The number of alkyl halides is 2. The fraction of sp³-hybridized carbons (Fsp3) is 0.438. The number of nitrogens with zero attached hydrogens (tertiary/aromatic N) is 2. The molecule has 0 unspecified atom stereocenters. The maximum atomic E-state index is 6.00. The zero-order chi connectivity index (χ0) is 15.8. The Morgan fingerprint density at radius 1 is 1.00 bits per heavy atom. The molecule has 0 aliphatic rings. The van der Waals surface area contributed by atoms with Crippen molar-refractivity contribution >= 4 is 51.5 Å². The SMILES string of the molecule is ClCCN(CCCl)CCCNc1ccc2ccc(Cl)cc2n1. The minimum absolute atomic E-state index is 0.636. The third-order valence-electron chi connectivity index (χ3n) is 3.41. The number of pyridine rings is 1. The Bertz CT molecular complexity index is 586. The average Bonchev–Trinajstić information content (AvgIpc) is 2.51. The first-order valence-electron chi connectivity index (χ1n) is 7.37. The lowest BCUT2D eigenvalue weighted by Gasteiger charge is -2.19. The predicted molar refractivity (Wildman–Crippen MR) is 97.7 cm³/mol. The third-order valence-corrected chi connectivity index (χ3v) is 3.99. The van der Waals surface area contributed by atoms with Gasteiger partial charge in [0.25, 0.3) is 0 Å². The second-order valence-electron chi connectivity index (χ2n) is 5.03. The summed E-state index contributed by atoms with van der Waals surface area (Å²) in [5, 5.41) is 5.14. The minimum Gasteiger partial charge on any atom is -0.370 e. The Morgan fingerprint density at radius 3 is 2.45 bits per heavy atom. The standard InChI is InChI=1S/C16H20Cl3N3/c17-6-10-22(11-7-18)9-1-8-20-16-5-3-13-2-4-14(19)12-15(13)21-16/h2-5,12H,1,6-11H2,(H,20,21). The average molecular weight is 361 g/mol. The van der Waals surface area contributed by atoms with Crippen LogP contribution in [0.2, 0.25) is 5.02 Å². The van der Waals surface area contributed by atoms with E-state index in [4.69, 9.17) is 34.8 Å². The maximum absolute atomic E-state index is 6.00. The number of fused-ring (bicyclic) bond motifs is 1. The van der Waals surface area contributed by atoms with Crippen molar-refractivity contribution in [3.8, 4) is 0 Å². The topological polar surface area (TPSA) is 28.2 Å². The molecule has 1 heterocycles. The molecule has 0 atom stereocenters. The number of nitrogens with one attached hydrogen (secondary N) is 1. The number of benzene rings is 1. The van der Waals surface area contributed by atoms with Crippen LogP contribution in [0.25, 0.3) is 10.9 Å². The highest BCUT2D eigenvalue weighted by Crippen LogP contribution is 2.19. The summed E-state index contributed by atoms with van der Waals surface area (Å²) in [6.07, 6.45) is 1.02. The van der Waals surface area contributed by atoms with E-state index < -0.39 is 0 Å². The Hall–Kier alpha value is -0.740. The predicted octanol–water partition coefficient (Wildman–Crippen LogP) is 4.47. The quantitative estimate of drug-likeness (QED) is 0.528. The van der Waals surface area contributed by atoms with Gasteiger partial charge in [-0.05, 0) is 37.2 Å². The van der Waals surface area contributed by atoms with Gasteiger partial charge in [-0.15, -0.1) is 23.2 Å². The van der Waals surface area contributed by atoms with Crippen LogP contribution in [0.3, 0.4) is 0 Å². The first-order chi connectivity index (χ1) is 10.7. The van der Waals surface area contributed by atoms with Crippen LogP contribution in [0.4, 0.5) is 5.82 Å². The lowest BCUT2D eigenvalue weighted by atomic mass is 10.2. The summed E-state index contributed by atoms with van der Waals surface area (Å²) < 4.78 is 0. The normalized spacial score (nSPS) is 11.3. The molecule has 1 aromatic heterocycles. The highest BCUT2D eigenvalue weighted by atomic mass is 35.5. The van der Waals surface area contributed by atoms with Crippen LogP contribution in [-0.4, -0.2) is 47.8 Å². The van der Waals surface area contributed by atoms with Crippen molar-refractivity contribution in [3.63, 3.8) is 0 Å². The summed E-state index contributed by atoms with van der Waals surface area (Å²) >= 11 is 17.6. The van der Waals surface area contributed by atoms with Crippen LogP contribution in [0.5, 0.6) is 0 Å². The van der Waals surface area contributed by atoms with Gasteiger partial charge in [0, 0.05) is 41.8 Å². The maximum Gasteiger partial charge on any atom is 0.126 e. The smallest absolute Gasteiger partial charge is 0.126 e. The molecule has 0 spiro atoms. The lowest BCUT2D eigenvalue weighted by Crippen LogP contribution is -2.30. The van der Waals surface area contributed by atoms with E-state index in [9.17, 15) is 0 Å². The zero-order valence-electron chi connectivity index (χ0n) is 12.4. The van der Waals surface area contributed by atoms with Gasteiger partial charge in [0.1, 0.15) is 5.82 Å². The monoisotopic (exact) mass is 359 g/mol.